The largest absolute Gasteiger partial charge is 0.447 e. The minimum atomic E-state index is 0.321. The van der Waals surface area contributed by atoms with Crippen molar-refractivity contribution >= 4 is 21.7 Å². The summed E-state index contributed by atoms with van der Waals surface area (Å²) in [5.74, 6) is 1.65. The smallest absolute Gasteiger partial charge is 0.185 e. The first-order valence-corrected chi connectivity index (χ1v) is 11.6. The van der Waals surface area contributed by atoms with Crippen molar-refractivity contribution in [2.24, 2.45) is 5.92 Å². The number of aromatic nitrogens is 1. The number of hydrogen-bond donors (Lipinski definition) is 1. The number of ether oxygens (including phenoxy) is 1. The van der Waals surface area contributed by atoms with E-state index in [9.17, 15) is 0 Å². The first-order valence-electron chi connectivity index (χ1n) is 11.6. The monoisotopic (exact) mass is 436 g/mol. The van der Waals surface area contributed by atoms with E-state index in [0.29, 0.717) is 30.0 Å². The van der Waals surface area contributed by atoms with Gasteiger partial charge in [0.2, 0.25) is 0 Å². The Labute approximate surface area is 196 Å². The zero-order valence-corrected chi connectivity index (χ0v) is 19.8. The fourth-order valence-corrected chi connectivity index (χ4v) is 4.39. The van der Waals surface area contributed by atoms with Gasteiger partial charge in [-0.3, -0.25) is 4.98 Å². The molecule has 33 heavy (non-hydrogen) atoms. The molecule has 0 radical (unpaired) electrons. The lowest BCUT2D eigenvalue weighted by Crippen LogP contribution is -2.33. The molecule has 3 aromatic carbocycles. The maximum atomic E-state index is 5.92. The van der Waals surface area contributed by atoms with Gasteiger partial charge in [0.05, 0.1) is 5.52 Å². The summed E-state index contributed by atoms with van der Waals surface area (Å²) >= 11 is 0. The third kappa shape index (κ3) is 5.09. The molecule has 4 rings (SSSR count). The summed E-state index contributed by atoms with van der Waals surface area (Å²) in [6.07, 6.45) is 1.52. The molecule has 0 saturated carbocycles. The molecule has 1 N–H and O–H groups in total. The minimum absolute atomic E-state index is 0.321. The molecule has 0 fully saturated rings. The Morgan fingerprint density at radius 3 is 2.42 bits per heavy atom. The van der Waals surface area contributed by atoms with Crippen molar-refractivity contribution in [1.29, 1.82) is 0 Å². The Bertz CT molecular complexity index is 1290. The fourth-order valence-electron chi connectivity index (χ4n) is 4.39. The normalized spacial score (nSPS) is 12.1. The number of nitrogens with one attached hydrogen (secondary N) is 1. The highest BCUT2D eigenvalue weighted by Crippen LogP contribution is 2.34. The molecule has 0 amide bonds. The molecule has 3 nitrogen and oxygen atoms in total. The van der Waals surface area contributed by atoms with Crippen molar-refractivity contribution in [3.8, 4) is 11.1 Å². The standard InChI is InChI=1S/C30H32N2O/c1-6-28(20(2)3)31-22(5)33-21(4)18-25-19-27(23-12-8-7-9-13-23)30-26-15-11-10-14-24(26)16-17-29(30)32-25/h7-17,19-20,28,31H,4-6,18H2,1-3H3. The molecule has 4 aromatic rings. The van der Waals surface area contributed by atoms with Crippen LogP contribution >= 0.6 is 0 Å². The van der Waals surface area contributed by atoms with Gasteiger partial charge in [-0.15, -0.1) is 0 Å². The van der Waals surface area contributed by atoms with Gasteiger partial charge in [0.1, 0.15) is 5.76 Å². The first-order chi connectivity index (χ1) is 16.0. The Hall–Kier alpha value is -3.59. The van der Waals surface area contributed by atoms with Gasteiger partial charge in [0.25, 0.3) is 0 Å². The SMILES string of the molecule is C=C(Cc1cc(-c2ccccc2)c2c(ccc3ccccc32)n1)OC(=C)NC(CC)C(C)C. The molecule has 1 heterocycles. The molecule has 168 valence electrons. The van der Waals surface area contributed by atoms with Gasteiger partial charge in [0.15, 0.2) is 5.88 Å². The first kappa shape index (κ1) is 22.6. The van der Waals surface area contributed by atoms with E-state index in [4.69, 9.17) is 9.72 Å². The summed E-state index contributed by atoms with van der Waals surface area (Å²) in [6.45, 7) is 14.7. The van der Waals surface area contributed by atoms with Crippen LogP contribution < -0.4 is 5.32 Å². The van der Waals surface area contributed by atoms with E-state index in [1.54, 1.807) is 0 Å². The van der Waals surface area contributed by atoms with Gasteiger partial charge in [-0.2, -0.15) is 0 Å². The number of benzene rings is 3. The minimum Gasteiger partial charge on any atom is -0.447 e. The molecule has 0 spiro atoms. The zero-order valence-electron chi connectivity index (χ0n) is 19.8. The van der Waals surface area contributed by atoms with E-state index >= 15 is 0 Å². The van der Waals surface area contributed by atoms with Crippen LogP contribution in [0.2, 0.25) is 0 Å². The van der Waals surface area contributed by atoms with Gasteiger partial charge in [-0.05, 0) is 52.9 Å². The summed E-state index contributed by atoms with van der Waals surface area (Å²) in [7, 11) is 0. The van der Waals surface area contributed by atoms with Crippen LogP contribution in [0.15, 0.2) is 97.6 Å². The van der Waals surface area contributed by atoms with E-state index in [2.05, 4.69) is 106 Å². The summed E-state index contributed by atoms with van der Waals surface area (Å²) in [5.41, 5.74) is 4.23. The van der Waals surface area contributed by atoms with E-state index in [0.717, 1.165) is 17.6 Å². The lowest BCUT2D eigenvalue weighted by molar-refractivity contribution is 0.243. The van der Waals surface area contributed by atoms with Crippen LogP contribution in [0.1, 0.15) is 32.9 Å². The average molecular weight is 437 g/mol. The summed E-state index contributed by atoms with van der Waals surface area (Å²) in [5, 5.41) is 6.96. The molecule has 0 saturated heterocycles. The summed E-state index contributed by atoms with van der Waals surface area (Å²) < 4.78 is 5.92. The highest BCUT2D eigenvalue weighted by molar-refractivity contribution is 6.13. The zero-order chi connectivity index (χ0) is 23.4. The van der Waals surface area contributed by atoms with Crippen LogP contribution in [0.5, 0.6) is 0 Å². The van der Waals surface area contributed by atoms with Gasteiger partial charge < -0.3 is 10.1 Å². The second-order valence-electron chi connectivity index (χ2n) is 8.85. The molecular weight excluding hydrogens is 404 g/mol. The highest BCUT2D eigenvalue weighted by atomic mass is 16.5. The maximum absolute atomic E-state index is 5.92. The molecule has 0 aliphatic heterocycles. The number of hydrogen-bond acceptors (Lipinski definition) is 3. The Morgan fingerprint density at radius 1 is 0.970 bits per heavy atom. The molecule has 0 aliphatic rings. The summed E-state index contributed by atoms with van der Waals surface area (Å²) in [4.78, 5) is 4.97. The molecule has 1 aromatic heterocycles. The van der Waals surface area contributed by atoms with Crippen LogP contribution in [0.4, 0.5) is 0 Å². The second kappa shape index (κ2) is 9.91. The van der Waals surface area contributed by atoms with Gasteiger partial charge in [-0.1, -0.05) is 88.0 Å². The van der Waals surface area contributed by atoms with Crippen LogP contribution in [0.25, 0.3) is 32.8 Å². The van der Waals surface area contributed by atoms with Crippen molar-refractivity contribution in [3.05, 3.63) is 103 Å². The Kier molecular flexibility index (Phi) is 6.79. The lowest BCUT2D eigenvalue weighted by atomic mass is 9.95. The average Bonchev–Trinajstić information content (AvgIpc) is 2.82. The molecule has 0 bridgehead atoms. The highest BCUT2D eigenvalue weighted by Gasteiger charge is 2.15. The van der Waals surface area contributed by atoms with Crippen LogP contribution in [-0.2, 0) is 11.2 Å². The number of pyridine rings is 1. The number of fused-ring (bicyclic) bond motifs is 3. The van der Waals surface area contributed by atoms with Gasteiger partial charge in [-0.25, -0.2) is 0 Å². The van der Waals surface area contributed by atoms with Crippen molar-refractivity contribution in [2.75, 3.05) is 0 Å². The molecule has 1 unspecified atom stereocenters. The third-order valence-corrected chi connectivity index (χ3v) is 6.07. The fraction of sp³-hybridized carbons (Fsp3) is 0.233. The van der Waals surface area contributed by atoms with E-state index in [1.165, 1.54) is 27.3 Å². The molecule has 0 aliphatic carbocycles. The Morgan fingerprint density at radius 2 is 1.70 bits per heavy atom. The molecule has 3 heteroatoms. The van der Waals surface area contributed by atoms with Crippen LogP contribution in [0.3, 0.4) is 0 Å². The predicted molar refractivity (Wildman–Crippen MR) is 140 cm³/mol. The van der Waals surface area contributed by atoms with Crippen molar-refractivity contribution < 1.29 is 4.74 Å². The number of allylic oxidation sites excluding steroid dienone is 1. The van der Waals surface area contributed by atoms with Crippen LogP contribution in [0, 0.1) is 5.92 Å². The van der Waals surface area contributed by atoms with Crippen molar-refractivity contribution in [1.82, 2.24) is 10.3 Å². The van der Waals surface area contributed by atoms with Crippen molar-refractivity contribution in [3.63, 3.8) is 0 Å². The number of rotatable bonds is 9. The predicted octanol–water partition coefficient (Wildman–Crippen LogP) is 7.62. The van der Waals surface area contributed by atoms with E-state index in [1.807, 2.05) is 6.07 Å². The van der Waals surface area contributed by atoms with Gasteiger partial charge in [0, 0.05) is 23.5 Å². The molecular formula is C30H32N2O. The lowest BCUT2D eigenvalue weighted by Gasteiger charge is -2.23. The van der Waals surface area contributed by atoms with E-state index < -0.39 is 0 Å². The van der Waals surface area contributed by atoms with Crippen LogP contribution in [-0.4, -0.2) is 11.0 Å². The third-order valence-electron chi connectivity index (χ3n) is 6.07. The number of nitrogens with zero attached hydrogens (tertiary/aromatic N) is 1. The van der Waals surface area contributed by atoms with E-state index in [-0.39, 0.29) is 0 Å². The Balaban J connectivity index is 1.67. The maximum Gasteiger partial charge on any atom is 0.185 e. The quantitative estimate of drug-likeness (QED) is 0.216. The second-order valence-corrected chi connectivity index (χ2v) is 8.85. The molecule has 1 atom stereocenters. The summed E-state index contributed by atoms with van der Waals surface area (Å²) in [6, 6.07) is 25.7. The van der Waals surface area contributed by atoms with Gasteiger partial charge >= 0.3 is 0 Å². The van der Waals surface area contributed by atoms with Crippen molar-refractivity contribution in [2.45, 2.75) is 39.7 Å². The topological polar surface area (TPSA) is 34.1 Å².